The third-order valence-corrected chi connectivity index (χ3v) is 1.51. The molecule has 0 spiro atoms. The summed E-state index contributed by atoms with van der Waals surface area (Å²) in [4.78, 5) is 4.18. The Labute approximate surface area is 88.8 Å². The maximum Gasteiger partial charge on any atom is 0.206 e. The van der Waals surface area contributed by atoms with Gasteiger partial charge in [-0.05, 0) is 12.1 Å². The van der Waals surface area contributed by atoms with E-state index in [1.165, 1.54) is 5.39 Å². The van der Waals surface area contributed by atoms with Crippen molar-refractivity contribution in [2.45, 2.75) is 0 Å². The molecule has 0 aliphatic rings. The number of hydrogen-bond donors (Lipinski definition) is 1. The van der Waals surface area contributed by atoms with Crippen LogP contribution in [0.25, 0.3) is 10.9 Å². The van der Waals surface area contributed by atoms with E-state index in [1.54, 1.807) is 0 Å². The number of para-hydroxylation sites is 1. The normalized spacial score (nSPS) is 10.5. The maximum atomic E-state index is 9.41. The number of aromatic nitrogens is 1. The molecule has 80 valence electrons. The predicted octanol–water partition coefficient (Wildman–Crippen LogP) is 1.14. The van der Waals surface area contributed by atoms with Crippen LogP contribution in [0.2, 0.25) is 0 Å². The lowest BCUT2D eigenvalue weighted by atomic mass is 10.2. The van der Waals surface area contributed by atoms with Gasteiger partial charge in [0.05, 0.1) is 11.8 Å². The van der Waals surface area contributed by atoms with Gasteiger partial charge in [-0.3, -0.25) is 4.98 Å². The quantitative estimate of drug-likeness (QED) is 0.729. The standard InChI is InChI=1S/C9H7N.CH5NO2S/c1-2-6-9-8(4-1)5-3-7-10-9;1-5(2,3)4/h1-7H;1H3,(H2,2,3,4). The van der Waals surface area contributed by atoms with Gasteiger partial charge in [-0.15, -0.1) is 0 Å². The molecule has 0 aliphatic carbocycles. The molecule has 4 nitrogen and oxygen atoms in total. The highest BCUT2D eigenvalue weighted by Gasteiger charge is 1.86. The number of primary sulfonamides is 1. The molecule has 1 heterocycles. The molecule has 0 fully saturated rings. The van der Waals surface area contributed by atoms with Crippen molar-refractivity contribution in [3.63, 3.8) is 0 Å². The van der Waals surface area contributed by atoms with E-state index >= 15 is 0 Å². The fourth-order valence-electron chi connectivity index (χ4n) is 1.02. The van der Waals surface area contributed by atoms with Crippen molar-refractivity contribution in [3.05, 3.63) is 42.6 Å². The van der Waals surface area contributed by atoms with Crippen LogP contribution in [-0.2, 0) is 10.0 Å². The van der Waals surface area contributed by atoms with Gasteiger partial charge in [-0.2, -0.15) is 0 Å². The Hall–Kier alpha value is -1.46. The van der Waals surface area contributed by atoms with E-state index < -0.39 is 10.0 Å². The highest BCUT2D eigenvalue weighted by Crippen LogP contribution is 2.07. The first kappa shape index (κ1) is 11.6. The van der Waals surface area contributed by atoms with Crippen molar-refractivity contribution in [2.75, 3.05) is 6.26 Å². The fraction of sp³-hybridized carbons (Fsp3) is 0.100. The van der Waals surface area contributed by atoms with Gasteiger partial charge in [0.15, 0.2) is 0 Å². The van der Waals surface area contributed by atoms with Crippen LogP contribution in [0.1, 0.15) is 0 Å². The Balaban J connectivity index is 0.000000195. The van der Waals surface area contributed by atoms with Gasteiger partial charge in [0, 0.05) is 11.6 Å². The number of nitrogens with two attached hydrogens (primary N) is 1. The number of pyridine rings is 1. The lowest BCUT2D eigenvalue weighted by Gasteiger charge is -1.91. The molecule has 0 aliphatic heterocycles. The monoisotopic (exact) mass is 224 g/mol. The lowest BCUT2D eigenvalue weighted by Crippen LogP contribution is -2.07. The van der Waals surface area contributed by atoms with E-state index in [2.05, 4.69) is 22.3 Å². The van der Waals surface area contributed by atoms with Crippen LogP contribution < -0.4 is 5.14 Å². The SMILES string of the molecule is CS(N)(=O)=O.c1ccc2ncccc2c1. The smallest absolute Gasteiger partial charge is 0.206 e. The zero-order valence-electron chi connectivity index (χ0n) is 8.29. The molecule has 0 atom stereocenters. The van der Waals surface area contributed by atoms with Gasteiger partial charge in [0.25, 0.3) is 0 Å². The zero-order chi connectivity index (χ0) is 11.3. The van der Waals surface area contributed by atoms with E-state index in [0.29, 0.717) is 0 Å². The van der Waals surface area contributed by atoms with Crippen molar-refractivity contribution in [3.8, 4) is 0 Å². The first-order valence-corrected chi connectivity index (χ1v) is 6.20. The van der Waals surface area contributed by atoms with Gasteiger partial charge < -0.3 is 0 Å². The Morgan fingerprint density at radius 1 is 1.13 bits per heavy atom. The number of sulfonamides is 1. The van der Waals surface area contributed by atoms with Crippen LogP contribution in [0.15, 0.2) is 42.6 Å². The van der Waals surface area contributed by atoms with Crippen molar-refractivity contribution in [1.82, 2.24) is 4.98 Å². The van der Waals surface area contributed by atoms with Crippen molar-refractivity contribution in [2.24, 2.45) is 5.14 Å². The summed E-state index contributed by atoms with van der Waals surface area (Å²) in [6.07, 6.45) is 2.75. The second-order valence-electron chi connectivity index (χ2n) is 3.03. The van der Waals surface area contributed by atoms with Gasteiger partial charge in [-0.25, -0.2) is 13.6 Å². The molecule has 5 heteroatoms. The lowest BCUT2D eigenvalue weighted by molar-refractivity contribution is 0.603. The maximum absolute atomic E-state index is 9.41. The minimum atomic E-state index is -3.17. The Bertz CT molecular complexity index is 464. The summed E-state index contributed by atoms with van der Waals surface area (Å²) in [6.45, 7) is 0. The Kier molecular flexibility index (Phi) is 3.76. The highest BCUT2D eigenvalue weighted by molar-refractivity contribution is 7.88. The van der Waals surface area contributed by atoms with Gasteiger partial charge in [-0.1, -0.05) is 24.3 Å². The minimum absolute atomic E-state index is 0.938. The van der Waals surface area contributed by atoms with E-state index in [1.807, 2.05) is 30.5 Å². The van der Waals surface area contributed by atoms with Crippen LogP contribution in [0.3, 0.4) is 0 Å². The number of benzene rings is 1. The van der Waals surface area contributed by atoms with E-state index in [-0.39, 0.29) is 0 Å². The van der Waals surface area contributed by atoms with Crippen LogP contribution >= 0.6 is 0 Å². The molecule has 0 unspecified atom stereocenters. The molecule has 0 bridgehead atoms. The Morgan fingerprint density at radius 3 is 2.27 bits per heavy atom. The molecule has 15 heavy (non-hydrogen) atoms. The van der Waals surface area contributed by atoms with Crippen molar-refractivity contribution < 1.29 is 8.42 Å². The minimum Gasteiger partial charge on any atom is -0.256 e. The number of hydrogen-bond acceptors (Lipinski definition) is 3. The molecule has 1 aromatic heterocycles. The third-order valence-electron chi connectivity index (χ3n) is 1.51. The van der Waals surface area contributed by atoms with Crippen LogP contribution in [0.4, 0.5) is 0 Å². The van der Waals surface area contributed by atoms with E-state index in [0.717, 1.165) is 11.8 Å². The molecule has 2 aromatic rings. The summed E-state index contributed by atoms with van der Waals surface area (Å²) in [7, 11) is -3.17. The summed E-state index contributed by atoms with van der Waals surface area (Å²) < 4.78 is 18.8. The fourth-order valence-corrected chi connectivity index (χ4v) is 1.02. The summed E-state index contributed by atoms with van der Waals surface area (Å²) in [5, 5.41) is 5.53. The van der Waals surface area contributed by atoms with Crippen molar-refractivity contribution in [1.29, 1.82) is 0 Å². The van der Waals surface area contributed by atoms with Gasteiger partial charge >= 0.3 is 0 Å². The molecule has 0 radical (unpaired) electrons. The molecule has 2 rings (SSSR count). The summed E-state index contributed by atoms with van der Waals surface area (Å²) in [5.74, 6) is 0. The summed E-state index contributed by atoms with van der Waals surface area (Å²) in [5.41, 5.74) is 1.06. The van der Waals surface area contributed by atoms with E-state index in [4.69, 9.17) is 0 Å². The second-order valence-corrected chi connectivity index (χ2v) is 4.68. The molecule has 0 amide bonds. The number of rotatable bonds is 0. The van der Waals surface area contributed by atoms with Gasteiger partial charge in [0.1, 0.15) is 0 Å². The summed E-state index contributed by atoms with van der Waals surface area (Å²) >= 11 is 0. The zero-order valence-corrected chi connectivity index (χ0v) is 9.11. The van der Waals surface area contributed by atoms with Crippen molar-refractivity contribution >= 4 is 20.9 Å². The molecule has 0 saturated heterocycles. The second kappa shape index (κ2) is 4.86. The number of nitrogens with zero attached hydrogens (tertiary/aromatic N) is 1. The highest BCUT2D eigenvalue weighted by atomic mass is 32.2. The first-order chi connectivity index (χ1) is 6.97. The first-order valence-electron chi connectivity index (χ1n) is 4.24. The Morgan fingerprint density at radius 2 is 1.67 bits per heavy atom. The molecule has 0 saturated carbocycles. The van der Waals surface area contributed by atoms with Crippen LogP contribution in [0, 0.1) is 0 Å². The number of fused-ring (bicyclic) bond motifs is 1. The largest absolute Gasteiger partial charge is 0.256 e. The predicted molar refractivity (Wildman–Crippen MR) is 60.8 cm³/mol. The molecule has 2 N–H and O–H groups in total. The molecule has 1 aromatic carbocycles. The third kappa shape index (κ3) is 5.09. The van der Waals surface area contributed by atoms with E-state index in [9.17, 15) is 8.42 Å². The average Bonchev–Trinajstić information content (AvgIpc) is 2.16. The summed E-state index contributed by atoms with van der Waals surface area (Å²) in [6, 6.07) is 12.1. The van der Waals surface area contributed by atoms with Crippen LogP contribution in [-0.4, -0.2) is 19.7 Å². The van der Waals surface area contributed by atoms with Crippen LogP contribution in [0.5, 0.6) is 0 Å². The van der Waals surface area contributed by atoms with Gasteiger partial charge in [0.2, 0.25) is 10.0 Å². The topological polar surface area (TPSA) is 73.1 Å². The average molecular weight is 224 g/mol. The molecular formula is C10H12N2O2S. The molecular weight excluding hydrogens is 212 g/mol.